The molecule has 1 heterocycles. The van der Waals surface area contributed by atoms with E-state index >= 15 is 0 Å². The minimum atomic E-state index is -4.97. The molecule has 150 valence electrons. The molecule has 0 aliphatic rings. The SMILES string of the molecule is C=CN(C(=O)C(c1csc2ccc(Cl)cc12)P(=O)(O)O)c1cccc([N+](=O)[O-])c1. The Hall–Kier alpha value is -2.55. The van der Waals surface area contributed by atoms with E-state index in [2.05, 4.69) is 6.58 Å². The van der Waals surface area contributed by atoms with Gasteiger partial charge in [-0.25, -0.2) is 0 Å². The third-order valence-electron chi connectivity index (χ3n) is 4.17. The fourth-order valence-electron chi connectivity index (χ4n) is 2.90. The van der Waals surface area contributed by atoms with Gasteiger partial charge in [-0.2, -0.15) is 0 Å². The molecule has 1 atom stereocenters. The minimum Gasteiger partial charge on any atom is -0.324 e. The fourth-order valence-corrected chi connectivity index (χ4v) is 5.13. The molecule has 0 saturated heterocycles. The van der Waals surface area contributed by atoms with Crippen LogP contribution < -0.4 is 4.90 Å². The van der Waals surface area contributed by atoms with Crippen LogP contribution in [0.3, 0.4) is 0 Å². The Morgan fingerprint density at radius 1 is 1.31 bits per heavy atom. The van der Waals surface area contributed by atoms with Crippen molar-refractivity contribution < 1.29 is 24.1 Å². The van der Waals surface area contributed by atoms with Crippen LogP contribution in [0.5, 0.6) is 0 Å². The molecule has 0 aliphatic carbocycles. The molecule has 11 heteroatoms. The van der Waals surface area contributed by atoms with E-state index in [4.69, 9.17) is 11.6 Å². The van der Waals surface area contributed by atoms with Crippen LogP contribution in [0.4, 0.5) is 11.4 Å². The molecule has 2 aromatic carbocycles. The summed E-state index contributed by atoms with van der Waals surface area (Å²) in [5.41, 5.74) is -1.91. The Bertz CT molecular complexity index is 1170. The van der Waals surface area contributed by atoms with E-state index in [1.165, 1.54) is 41.0 Å². The summed E-state index contributed by atoms with van der Waals surface area (Å²) in [5, 5.41) is 13.3. The van der Waals surface area contributed by atoms with E-state index in [0.717, 1.165) is 17.2 Å². The van der Waals surface area contributed by atoms with Crippen LogP contribution in [0.2, 0.25) is 5.02 Å². The molecule has 0 fully saturated rings. The third kappa shape index (κ3) is 4.24. The number of hydrogen-bond donors (Lipinski definition) is 2. The molecule has 0 spiro atoms. The van der Waals surface area contributed by atoms with E-state index in [0.29, 0.717) is 15.1 Å². The van der Waals surface area contributed by atoms with Gasteiger partial charge in [-0.1, -0.05) is 24.2 Å². The molecule has 29 heavy (non-hydrogen) atoms. The number of carbonyl (C=O) groups is 1. The molecule has 0 saturated carbocycles. The zero-order valence-electron chi connectivity index (χ0n) is 14.6. The summed E-state index contributed by atoms with van der Waals surface area (Å²) < 4.78 is 13.0. The van der Waals surface area contributed by atoms with Gasteiger partial charge in [-0.3, -0.25) is 24.4 Å². The van der Waals surface area contributed by atoms with Gasteiger partial charge in [0, 0.05) is 28.1 Å². The van der Waals surface area contributed by atoms with Crippen LogP contribution in [-0.4, -0.2) is 20.6 Å². The van der Waals surface area contributed by atoms with Crippen molar-refractivity contribution in [2.24, 2.45) is 0 Å². The number of non-ortho nitro benzene ring substituents is 1. The lowest BCUT2D eigenvalue weighted by Crippen LogP contribution is -2.30. The van der Waals surface area contributed by atoms with E-state index in [9.17, 15) is 29.3 Å². The van der Waals surface area contributed by atoms with Crippen molar-refractivity contribution in [2.45, 2.75) is 5.66 Å². The van der Waals surface area contributed by atoms with Gasteiger partial charge in [0.25, 0.3) is 11.6 Å². The highest BCUT2D eigenvalue weighted by Gasteiger charge is 2.41. The van der Waals surface area contributed by atoms with Gasteiger partial charge in [0.2, 0.25) is 0 Å². The van der Waals surface area contributed by atoms with Crippen LogP contribution in [0.15, 0.2) is 60.6 Å². The monoisotopic (exact) mass is 452 g/mol. The first kappa shape index (κ1) is 21.2. The maximum atomic E-state index is 13.2. The zero-order valence-corrected chi connectivity index (χ0v) is 17.1. The lowest BCUT2D eigenvalue weighted by atomic mass is 10.1. The van der Waals surface area contributed by atoms with Gasteiger partial charge in [0.05, 0.1) is 10.6 Å². The lowest BCUT2D eigenvalue weighted by molar-refractivity contribution is -0.384. The summed E-state index contributed by atoms with van der Waals surface area (Å²) in [4.78, 5) is 44.4. The first-order valence-corrected chi connectivity index (χ1v) is 11.0. The average molecular weight is 453 g/mol. The minimum absolute atomic E-state index is 0.0650. The summed E-state index contributed by atoms with van der Waals surface area (Å²) >= 11 is 7.23. The van der Waals surface area contributed by atoms with Crippen molar-refractivity contribution in [2.75, 3.05) is 4.90 Å². The quantitative estimate of drug-likeness (QED) is 0.313. The molecule has 1 aromatic heterocycles. The number of benzene rings is 2. The number of hydrogen-bond acceptors (Lipinski definition) is 5. The number of nitro benzene ring substituents is 1. The first-order valence-electron chi connectivity index (χ1n) is 8.05. The molecule has 3 rings (SSSR count). The number of carbonyl (C=O) groups excluding carboxylic acids is 1. The molecule has 2 N–H and O–H groups in total. The maximum Gasteiger partial charge on any atom is 0.342 e. The number of halogens is 1. The van der Waals surface area contributed by atoms with Crippen LogP contribution in [0.25, 0.3) is 10.1 Å². The molecule has 0 aliphatic heterocycles. The lowest BCUT2D eigenvalue weighted by Gasteiger charge is -2.25. The van der Waals surface area contributed by atoms with Crippen molar-refractivity contribution in [3.63, 3.8) is 0 Å². The molecule has 8 nitrogen and oxygen atoms in total. The highest BCUT2D eigenvalue weighted by molar-refractivity contribution is 7.53. The van der Waals surface area contributed by atoms with Crippen LogP contribution in [0, 0.1) is 10.1 Å². The van der Waals surface area contributed by atoms with Gasteiger partial charge in [-0.15, -0.1) is 11.3 Å². The zero-order chi connectivity index (χ0) is 21.3. The van der Waals surface area contributed by atoms with E-state index < -0.39 is 24.1 Å². The van der Waals surface area contributed by atoms with Gasteiger partial charge in [-0.05, 0) is 40.6 Å². The number of rotatable bonds is 6. The predicted molar refractivity (Wildman–Crippen MR) is 112 cm³/mol. The van der Waals surface area contributed by atoms with Crippen molar-refractivity contribution >= 4 is 57.9 Å². The summed E-state index contributed by atoms with van der Waals surface area (Å²) in [5.74, 6) is -0.964. The number of amides is 1. The number of nitro groups is 1. The normalized spacial score (nSPS) is 12.5. The van der Waals surface area contributed by atoms with E-state index in [1.54, 1.807) is 12.1 Å². The number of thiophene rings is 1. The van der Waals surface area contributed by atoms with Crippen LogP contribution in [0.1, 0.15) is 11.2 Å². The highest BCUT2D eigenvalue weighted by atomic mass is 35.5. The molecule has 3 aromatic rings. The van der Waals surface area contributed by atoms with Crippen molar-refractivity contribution in [3.05, 3.63) is 81.3 Å². The fraction of sp³-hybridized carbons (Fsp3) is 0.0556. The summed E-state index contributed by atoms with van der Waals surface area (Å²) in [6.07, 6.45) is 1.06. The summed E-state index contributed by atoms with van der Waals surface area (Å²) in [6, 6.07) is 10.00. The highest BCUT2D eigenvalue weighted by Crippen LogP contribution is 2.55. The second kappa shape index (κ2) is 8.06. The molecule has 1 amide bonds. The van der Waals surface area contributed by atoms with Crippen LogP contribution in [-0.2, 0) is 9.36 Å². The average Bonchev–Trinajstić information content (AvgIpc) is 3.04. The van der Waals surface area contributed by atoms with E-state index in [-0.39, 0.29) is 16.9 Å². The second-order valence-corrected chi connectivity index (χ2v) is 9.03. The molecule has 0 radical (unpaired) electrons. The van der Waals surface area contributed by atoms with Gasteiger partial charge >= 0.3 is 7.60 Å². The Morgan fingerprint density at radius 2 is 2.03 bits per heavy atom. The standard InChI is InChI=1S/C18H14ClN2O6PS/c1-2-20(12-4-3-5-13(9-12)21(23)24)18(22)17(28(25,26)27)15-10-29-16-7-6-11(19)8-14(15)16/h2-10,17H,1H2,(H2,25,26,27). The molecule has 0 bridgehead atoms. The van der Waals surface area contributed by atoms with Gasteiger partial charge in [0.1, 0.15) is 0 Å². The van der Waals surface area contributed by atoms with E-state index in [1.807, 2.05) is 0 Å². The van der Waals surface area contributed by atoms with Crippen molar-refractivity contribution in [1.82, 2.24) is 0 Å². The Kier molecular flexibility index (Phi) is 5.88. The Morgan fingerprint density at radius 3 is 2.66 bits per heavy atom. The molecular formula is C18H14ClN2O6PS. The topological polar surface area (TPSA) is 121 Å². The van der Waals surface area contributed by atoms with Crippen LogP contribution >= 0.6 is 30.5 Å². The van der Waals surface area contributed by atoms with Crippen molar-refractivity contribution in [1.29, 1.82) is 0 Å². The molecule has 1 unspecified atom stereocenters. The van der Waals surface area contributed by atoms with Gasteiger partial charge in [0.15, 0.2) is 5.66 Å². The number of nitrogens with zero attached hydrogens (tertiary/aromatic N) is 2. The summed E-state index contributed by atoms with van der Waals surface area (Å²) in [6.45, 7) is 3.52. The number of fused-ring (bicyclic) bond motifs is 1. The Balaban J connectivity index is 2.13. The smallest absolute Gasteiger partial charge is 0.324 e. The van der Waals surface area contributed by atoms with Gasteiger partial charge < -0.3 is 9.79 Å². The first-order chi connectivity index (χ1) is 13.6. The molecular weight excluding hydrogens is 439 g/mol. The largest absolute Gasteiger partial charge is 0.342 e. The maximum absolute atomic E-state index is 13.2. The third-order valence-corrected chi connectivity index (χ3v) is 6.56. The predicted octanol–water partition coefficient (Wildman–Crippen LogP) is 4.86. The Labute approximate surface area is 174 Å². The second-order valence-electron chi connectivity index (χ2n) is 5.99. The number of anilines is 1. The summed E-state index contributed by atoms with van der Waals surface area (Å²) in [7, 11) is -4.97. The van der Waals surface area contributed by atoms with Crippen molar-refractivity contribution in [3.8, 4) is 0 Å².